The number of rotatable bonds is 5. The number of alkyl halides is 3. The van der Waals surface area contributed by atoms with Crippen molar-refractivity contribution >= 4 is 0 Å². The van der Waals surface area contributed by atoms with Gasteiger partial charge in [-0.25, -0.2) is 0 Å². The first kappa shape index (κ1) is 20.4. The molecule has 2 aromatic heterocycles. The van der Waals surface area contributed by atoms with Crippen molar-refractivity contribution in [3.05, 3.63) is 97.6 Å². The van der Waals surface area contributed by atoms with E-state index >= 15 is 0 Å². The molecule has 0 amide bonds. The number of pyridine rings is 2. The minimum Gasteiger partial charge on any atom is -0.497 e. The number of methoxy groups -OCH3 is 1. The van der Waals surface area contributed by atoms with Gasteiger partial charge in [0, 0.05) is 42.5 Å². The van der Waals surface area contributed by atoms with Gasteiger partial charge in [0.05, 0.1) is 7.11 Å². The highest BCUT2D eigenvalue weighted by atomic mass is 19.4. The van der Waals surface area contributed by atoms with Crippen LogP contribution in [-0.4, -0.2) is 13.5 Å². The highest BCUT2D eigenvalue weighted by molar-refractivity contribution is 5.61. The normalized spacial score (nSPS) is 11.2. The Balaban J connectivity index is 1.56. The summed E-state index contributed by atoms with van der Waals surface area (Å²) in [6.45, 7) is 0. The van der Waals surface area contributed by atoms with Crippen molar-refractivity contribution < 1.29 is 31.8 Å². The van der Waals surface area contributed by atoms with Crippen molar-refractivity contribution in [2.45, 2.75) is 6.36 Å². The number of halogens is 3. The quantitative estimate of drug-likeness (QED) is 0.430. The van der Waals surface area contributed by atoms with Crippen molar-refractivity contribution in [2.24, 2.45) is 0 Å². The number of benzene rings is 2. The van der Waals surface area contributed by atoms with E-state index in [9.17, 15) is 13.2 Å². The molecule has 0 atom stereocenters. The molecule has 0 saturated heterocycles. The van der Waals surface area contributed by atoms with Gasteiger partial charge in [-0.2, -0.15) is 9.13 Å². The molecule has 0 aliphatic rings. The molecule has 0 fully saturated rings. The second kappa shape index (κ2) is 8.47. The van der Waals surface area contributed by atoms with E-state index in [2.05, 4.69) is 4.74 Å². The van der Waals surface area contributed by atoms with E-state index < -0.39 is 6.36 Å². The van der Waals surface area contributed by atoms with Crippen LogP contribution in [0.2, 0.25) is 0 Å². The number of hydrogen-bond acceptors (Lipinski definition) is 2. The molecule has 4 rings (SSSR count). The predicted octanol–water partition coefficient (Wildman–Crippen LogP) is 4.81. The molecule has 156 valence electrons. The monoisotopic (exact) mass is 424 g/mol. The van der Waals surface area contributed by atoms with E-state index in [0.29, 0.717) is 5.69 Å². The average molecular weight is 424 g/mol. The van der Waals surface area contributed by atoms with Crippen LogP contribution in [0.25, 0.3) is 22.5 Å². The zero-order chi connectivity index (χ0) is 21.8. The lowest BCUT2D eigenvalue weighted by Gasteiger charge is -2.09. The van der Waals surface area contributed by atoms with E-state index in [1.165, 1.54) is 12.1 Å². The fourth-order valence-electron chi connectivity index (χ4n) is 3.21. The molecule has 2 aromatic carbocycles. The Labute approximate surface area is 177 Å². The van der Waals surface area contributed by atoms with Gasteiger partial charge >= 0.3 is 6.36 Å². The number of nitrogens with zero attached hydrogens (tertiary/aromatic N) is 2. The third kappa shape index (κ3) is 4.83. The second-order valence-corrected chi connectivity index (χ2v) is 6.70. The molecule has 4 nitrogen and oxygen atoms in total. The van der Waals surface area contributed by atoms with Gasteiger partial charge in [-0.05, 0) is 29.3 Å². The Hall–Kier alpha value is -3.87. The van der Waals surface area contributed by atoms with Gasteiger partial charge in [0.2, 0.25) is 11.4 Å². The number of hydrogen-bond donors (Lipinski definition) is 0. The van der Waals surface area contributed by atoms with E-state index in [0.717, 1.165) is 22.6 Å². The molecule has 0 saturated carbocycles. The summed E-state index contributed by atoms with van der Waals surface area (Å²) >= 11 is 0. The Morgan fingerprint density at radius 3 is 1.77 bits per heavy atom. The van der Waals surface area contributed by atoms with Gasteiger partial charge in [0.15, 0.2) is 24.8 Å². The zero-order valence-corrected chi connectivity index (χ0v) is 16.6. The summed E-state index contributed by atoms with van der Waals surface area (Å²) in [6.07, 6.45) is 2.56. The minimum absolute atomic E-state index is 0.256. The third-order valence-corrected chi connectivity index (χ3v) is 4.73. The fourth-order valence-corrected chi connectivity index (χ4v) is 3.21. The molecule has 0 spiro atoms. The highest BCUT2D eigenvalue weighted by Crippen LogP contribution is 2.26. The van der Waals surface area contributed by atoms with E-state index in [1.54, 1.807) is 36.2 Å². The molecule has 0 bridgehead atoms. The van der Waals surface area contributed by atoms with E-state index in [-0.39, 0.29) is 5.75 Å². The Bertz CT molecular complexity index is 1160. The van der Waals surface area contributed by atoms with Crippen LogP contribution in [0.5, 0.6) is 11.5 Å². The van der Waals surface area contributed by atoms with Crippen LogP contribution >= 0.6 is 0 Å². The van der Waals surface area contributed by atoms with E-state index in [1.807, 2.05) is 65.5 Å². The van der Waals surface area contributed by atoms with Gasteiger partial charge in [0.25, 0.3) is 5.69 Å². The third-order valence-electron chi connectivity index (χ3n) is 4.73. The fraction of sp³-hybridized carbons (Fsp3) is 0.0833. The zero-order valence-electron chi connectivity index (χ0n) is 16.6. The lowest BCUT2D eigenvalue weighted by atomic mass is 10.1. The lowest BCUT2D eigenvalue weighted by molar-refractivity contribution is -0.596. The maximum absolute atomic E-state index is 12.7. The minimum atomic E-state index is -4.75. The molecular weight excluding hydrogens is 405 g/mol. The molecule has 2 heterocycles. The molecule has 31 heavy (non-hydrogen) atoms. The summed E-state index contributed by atoms with van der Waals surface area (Å²) in [7, 11) is 1.63. The van der Waals surface area contributed by atoms with Crippen molar-refractivity contribution in [1.82, 2.24) is 0 Å². The topological polar surface area (TPSA) is 26.2 Å². The highest BCUT2D eigenvalue weighted by Gasteiger charge is 2.33. The van der Waals surface area contributed by atoms with Crippen LogP contribution in [0.15, 0.2) is 97.6 Å². The molecule has 7 heteroatoms. The van der Waals surface area contributed by atoms with Crippen molar-refractivity contribution in [1.29, 1.82) is 0 Å². The van der Waals surface area contributed by atoms with E-state index in [4.69, 9.17) is 4.74 Å². The van der Waals surface area contributed by atoms with Crippen LogP contribution in [0.4, 0.5) is 13.2 Å². The van der Waals surface area contributed by atoms with Crippen LogP contribution in [0.1, 0.15) is 0 Å². The summed E-state index contributed by atoms with van der Waals surface area (Å²) in [5.41, 5.74) is 3.22. The molecule has 0 unspecified atom stereocenters. The SMILES string of the molecule is COc1ccc(-[n+]2ccc(-c3cc[n+](-c4ccccc4OC(F)(F)F)cc3)cc2)cc1. The summed E-state index contributed by atoms with van der Waals surface area (Å²) < 4.78 is 50.9. The first-order valence-corrected chi connectivity index (χ1v) is 9.45. The van der Waals surface area contributed by atoms with Crippen LogP contribution < -0.4 is 18.6 Å². The van der Waals surface area contributed by atoms with Gasteiger partial charge in [-0.15, -0.1) is 13.2 Å². The first-order valence-electron chi connectivity index (χ1n) is 9.45. The van der Waals surface area contributed by atoms with Crippen LogP contribution in [0.3, 0.4) is 0 Å². The molecule has 4 aromatic rings. The van der Waals surface area contributed by atoms with Gasteiger partial charge in [-0.1, -0.05) is 12.1 Å². The molecule has 0 aliphatic heterocycles. The van der Waals surface area contributed by atoms with Gasteiger partial charge in [0.1, 0.15) is 5.75 Å². The number of aromatic nitrogens is 2. The lowest BCUT2D eigenvalue weighted by Crippen LogP contribution is -2.31. The molecular formula is C24H19F3N2O2+2. The average Bonchev–Trinajstić information content (AvgIpc) is 2.79. The molecule has 0 N–H and O–H groups in total. The number of ether oxygens (including phenoxy) is 2. The first-order chi connectivity index (χ1) is 14.9. The summed E-state index contributed by atoms with van der Waals surface area (Å²) in [6, 6.07) is 21.4. The van der Waals surface area contributed by atoms with Crippen molar-refractivity contribution in [2.75, 3.05) is 7.11 Å². The summed E-state index contributed by atoms with van der Waals surface area (Å²) in [5, 5.41) is 0. The maximum Gasteiger partial charge on any atom is 0.573 e. The smallest absolute Gasteiger partial charge is 0.497 e. The second-order valence-electron chi connectivity index (χ2n) is 6.70. The van der Waals surface area contributed by atoms with Crippen molar-refractivity contribution in [3.63, 3.8) is 0 Å². The Morgan fingerprint density at radius 1 is 0.677 bits per heavy atom. The van der Waals surface area contributed by atoms with Gasteiger partial charge in [-0.3, -0.25) is 0 Å². The summed E-state index contributed by atoms with van der Waals surface area (Å²) in [5.74, 6) is 0.536. The standard InChI is InChI=1S/C24H19F3N2O2/c1-30-21-8-6-20(7-9-21)28-14-10-18(11-15-28)19-12-16-29(17-13-19)22-4-2-3-5-23(22)31-24(25,26)27/h2-17H,1H3/q+2. The Morgan fingerprint density at radius 2 is 1.23 bits per heavy atom. The van der Waals surface area contributed by atoms with Crippen molar-refractivity contribution in [3.8, 4) is 34.0 Å². The molecule has 0 aliphatic carbocycles. The Kier molecular flexibility index (Phi) is 5.58. The van der Waals surface area contributed by atoms with Crippen LogP contribution in [-0.2, 0) is 0 Å². The number of para-hydroxylation sites is 2. The molecule has 0 radical (unpaired) electrons. The summed E-state index contributed by atoms with van der Waals surface area (Å²) in [4.78, 5) is 0. The largest absolute Gasteiger partial charge is 0.573 e. The van der Waals surface area contributed by atoms with Crippen LogP contribution in [0, 0.1) is 0 Å². The maximum atomic E-state index is 12.7. The predicted molar refractivity (Wildman–Crippen MR) is 108 cm³/mol. The van der Waals surface area contributed by atoms with Gasteiger partial charge < -0.3 is 9.47 Å².